The number of rotatable bonds is 2. The van der Waals surface area contributed by atoms with Crippen molar-refractivity contribution in [3.05, 3.63) is 29.8 Å². The third-order valence-corrected chi connectivity index (χ3v) is 2.80. The molecule has 0 aliphatic heterocycles. The monoisotopic (exact) mass is 352 g/mol. The normalized spacial score (nSPS) is 9.50. The number of para-hydroxylation sites is 1. The first-order valence-electron chi connectivity index (χ1n) is 3.52. The van der Waals surface area contributed by atoms with Gasteiger partial charge in [0.15, 0.2) is 0 Å². The number of anilines is 1. The van der Waals surface area contributed by atoms with E-state index in [4.69, 9.17) is 8.38 Å². The van der Waals surface area contributed by atoms with Gasteiger partial charge in [-0.3, -0.25) is 0 Å². The molecule has 0 heterocycles. The van der Waals surface area contributed by atoms with Crippen LogP contribution in [0.3, 0.4) is 0 Å². The minimum absolute atomic E-state index is 0.0726. The van der Waals surface area contributed by atoms with Gasteiger partial charge < -0.3 is 0 Å². The van der Waals surface area contributed by atoms with Crippen LogP contribution in [-0.2, 0) is 40.4 Å². The molecule has 0 bridgehead atoms. The molecule has 1 aromatic rings. The van der Waals surface area contributed by atoms with Crippen LogP contribution in [0.15, 0.2) is 24.3 Å². The molecule has 0 amide bonds. The van der Waals surface area contributed by atoms with Crippen LogP contribution in [-0.4, -0.2) is 5.97 Å². The molecule has 0 atom stereocenters. The molecule has 0 radical (unpaired) electrons. The van der Waals surface area contributed by atoms with Crippen LogP contribution >= 0.6 is 0 Å². The van der Waals surface area contributed by atoms with Gasteiger partial charge in [0, 0.05) is 0 Å². The Morgan fingerprint density at radius 2 is 2.17 bits per heavy atom. The predicted octanol–water partition coefficient (Wildman–Crippen LogP) is 0.816. The summed E-state index contributed by atoms with van der Waals surface area (Å²) in [7, 11) is 0. The van der Waals surface area contributed by atoms with Gasteiger partial charge in [-0.2, -0.15) is 0 Å². The molecule has 1 rings (SSSR count). The van der Waals surface area contributed by atoms with Gasteiger partial charge in [-0.25, -0.2) is 0 Å². The Morgan fingerprint density at radius 3 is 2.75 bits per heavy atom. The van der Waals surface area contributed by atoms with E-state index in [9.17, 15) is 4.79 Å². The van der Waals surface area contributed by atoms with Gasteiger partial charge in [-0.05, 0) is 0 Å². The fraction of sp³-hybridized carbons (Fsp3) is 0.125. The zero-order valence-electron chi connectivity index (χ0n) is 6.62. The van der Waals surface area contributed by atoms with Crippen LogP contribution in [0.4, 0.5) is 5.69 Å². The summed E-state index contributed by atoms with van der Waals surface area (Å²) in [6.45, 7) is 0. The maximum absolute atomic E-state index is 10.9. The first-order valence-corrected chi connectivity index (χ1v) is 5.76. The van der Waals surface area contributed by atoms with E-state index >= 15 is 0 Å². The fourth-order valence-electron chi connectivity index (χ4n) is 0.902. The Balaban J connectivity index is 2.75. The Bertz CT molecular complexity index is 288. The Morgan fingerprint density at radius 1 is 1.50 bits per heavy atom. The van der Waals surface area contributed by atoms with Crippen molar-refractivity contribution in [2.24, 2.45) is 0 Å². The summed E-state index contributed by atoms with van der Waals surface area (Å²) < 4.78 is 4.71. The molecule has 2 N–H and O–H groups in total. The van der Waals surface area contributed by atoms with E-state index in [0.717, 1.165) is 5.56 Å². The van der Waals surface area contributed by atoms with Crippen molar-refractivity contribution in [3.63, 3.8) is 0 Å². The molecule has 3 nitrogen and oxygen atoms in total. The molecule has 1 aromatic carbocycles. The molecule has 0 aliphatic carbocycles. The summed E-state index contributed by atoms with van der Waals surface area (Å²) in [6, 6.07) is 7.31. The van der Waals surface area contributed by atoms with Crippen molar-refractivity contribution in [2.75, 3.05) is 5.73 Å². The number of nitrogen functional groups attached to an aromatic ring is 1. The first kappa shape index (κ1) is 9.51. The van der Waals surface area contributed by atoms with Crippen LogP contribution in [0.5, 0.6) is 0 Å². The van der Waals surface area contributed by atoms with E-state index in [1.807, 2.05) is 18.2 Å². The van der Waals surface area contributed by atoms with Crippen molar-refractivity contribution >= 4 is 11.7 Å². The summed E-state index contributed by atoms with van der Waals surface area (Å²) in [5, 5.41) is 0. The average molecular weight is 351 g/mol. The first-order chi connectivity index (χ1) is 5.74. The molecular weight excluding hydrogens is 343 g/mol. The van der Waals surface area contributed by atoms with Gasteiger partial charge in [-0.1, -0.05) is 0 Å². The molecule has 0 fully saturated rings. The van der Waals surface area contributed by atoms with Crippen molar-refractivity contribution < 1.29 is 34.0 Å². The van der Waals surface area contributed by atoms with E-state index in [0.29, 0.717) is 5.69 Å². The van der Waals surface area contributed by atoms with E-state index < -0.39 is 0 Å². The third-order valence-electron chi connectivity index (χ3n) is 1.55. The van der Waals surface area contributed by atoms with Crippen LogP contribution in [0, 0.1) is 0 Å². The summed E-state index contributed by atoms with van der Waals surface area (Å²) >= 11 is 0.0726. The molecular formula is C8H8HgNO2. The molecule has 12 heavy (non-hydrogen) atoms. The molecule has 0 aromatic heterocycles. The molecule has 0 aliphatic rings. The Hall–Kier alpha value is -0.575. The van der Waals surface area contributed by atoms with Gasteiger partial charge in [0.05, 0.1) is 0 Å². The topological polar surface area (TPSA) is 52.3 Å². The van der Waals surface area contributed by atoms with Gasteiger partial charge >= 0.3 is 87.7 Å². The summed E-state index contributed by atoms with van der Waals surface area (Å²) in [4.78, 5) is 10.9. The van der Waals surface area contributed by atoms with Gasteiger partial charge in [0.2, 0.25) is 0 Å². The van der Waals surface area contributed by atoms with E-state index in [-0.39, 0.29) is 39.0 Å². The van der Waals surface area contributed by atoms with Crippen molar-refractivity contribution in [1.82, 2.24) is 0 Å². The van der Waals surface area contributed by atoms with Crippen LogP contribution in [0.1, 0.15) is 5.56 Å². The second-order valence-corrected chi connectivity index (χ2v) is 3.51. The minimum atomic E-state index is -0.184. The predicted molar refractivity (Wildman–Crippen MR) is 40.7 cm³/mol. The van der Waals surface area contributed by atoms with Crippen molar-refractivity contribution in [2.45, 2.75) is 6.42 Å². The number of hydrogen-bond donors (Lipinski definition) is 1. The summed E-state index contributed by atoms with van der Waals surface area (Å²) in [6.07, 6.45) is 0.288. The molecule has 0 saturated carbocycles. The number of nitrogens with two attached hydrogens (primary N) is 1. The third kappa shape index (κ3) is 2.48. The summed E-state index contributed by atoms with van der Waals surface area (Å²) in [5.74, 6) is -0.184. The summed E-state index contributed by atoms with van der Waals surface area (Å²) in [5.41, 5.74) is 7.12. The van der Waals surface area contributed by atoms with Gasteiger partial charge in [0.1, 0.15) is 0 Å². The molecule has 4 heteroatoms. The van der Waals surface area contributed by atoms with E-state index in [1.165, 1.54) is 0 Å². The Labute approximate surface area is 87.5 Å². The molecule has 59 valence electrons. The fourth-order valence-corrected chi connectivity index (χ4v) is 1.30. The van der Waals surface area contributed by atoms with Crippen LogP contribution in [0.2, 0.25) is 0 Å². The van der Waals surface area contributed by atoms with Crippen molar-refractivity contribution in [1.29, 1.82) is 0 Å². The standard InChI is InChI=1S/C8H9NO2.Hg/c9-7-4-2-1-3-6(7)5-8(10)11;/h1-4H,5,9H2,(H,10,11);/q;+1/p-1. The SMILES string of the molecule is Nc1ccccc1CC(=O)[O][Hg]. The van der Waals surface area contributed by atoms with E-state index in [1.54, 1.807) is 6.07 Å². The number of hydrogen-bond acceptors (Lipinski definition) is 3. The Kier molecular flexibility index (Phi) is 3.53. The quantitative estimate of drug-likeness (QED) is 0.634. The number of carbonyl (C=O) groups excluding carboxylic acids is 1. The number of benzene rings is 1. The molecule has 0 saturated heterocycles. The van der Waals surface area contributed by atoms with Gasteiger partial charge in [0.25, 0.3) is 0 Å². The zero-order valence-corrected chi connectivity index (χ0v) is 12.1. The zero-order chi connectivity index (χ0) is 8.97. The average Bonchev–Trinajstić information content (AvgIpc) is 2.09. The van der Waals surface area contributed by atoms with Gasteiger partial charge in [-0.15, -0.1) is 0 Å². The van der Waals surface area contributed by atoms with E-state index in [2.05, 4.69) is 0 Å². The maximum atomic E-state index is 10.9. The number of carbonyl (C=O) groups is 1. The second kappa shape index (κ2) is 4.45. The van der Waals surface area contributed by atoms with Crippen LogP contribution < -0.4 is 5.73 Å². The molecule has 0 spiro atoms. The second-order valence-electron chi connectivity index (χ2n) is 2.39. The van der Waals surface area contributed by atoms with Crippen LogP contribution in [0.25, 0.3) is 0 Å². The molecule has 0 unspecified atom stereocenters. The van der Waals surface area contributed by atoms with Crippen molar-refractivity contribution in [3.8, 4) is 0 Å².